The highest BCUT2D eigenvalue weighted by atomic mass is 19.2. The molecule has 134 valence electrons. The molecule has 6 heteroatoms. The molecule has 1 atom stereocenters. The van der Waals surface area contributed by atoms with Crippen LogP contribution < -0.4 is 5.32 Å². The quantitative estimate of drug-likeness (QED) is 0.889. The Hall–Kier alpha value is -3.02. The number of carbonyl (C=O) groups is 2. The predicted molar refractivity (Wildman–Crippen MR) is 94.0 cm³/mol. The van der Waals surface area contributed by atoms with E-state index in [1.165, 1.54) is 11.0 Å². The number of hydrogen-bond acceptors (Lipinski definition) is 2. The molecule has 2 amide bonds. The summed E-state index contributed by atoms with van der Waals surface area (Å²) in [6.07, 6.45) is 0.0762. The molecule has 1 unspecified atom stereocenters. The van der Waals surface area contributed by atoms with Crippen LogP contribution in [0.5, 0.6) is 0 Å². The largest absolute Gasteiger partial charge is 0.350 e. The second-order valence-electron chi connectivity index (χ2n) is 6.16. The van der Waals surface area contributed by atoms with E-state index < -0.39 is 17.7 Å². The van der Waals surface area contributed by atoms with E-state index in [1.807, 2.05) is 12.1 Å². The molecule has 0 aliphatic carbocycles. The van der Waals surface area contributed by atoms with E-state index in [0.29, 0.717) is 16.8 Å². The molecule has 0 saturated heterocycles. The zero-order chi connectivity index (χ0) is 18.8. The fraction of sp³-hybridized carbons (Fsp3) is 0.200. The molecule has 2 aromatic rings. The van der Waals surface area contributed by atoms with Crippen LogP contribution in [0.15, 0.2) is 49.0 Å². The van der Waals surface area contributed by atoms with Gasteiger partial charge < -0.3 is 10.2 Å². The highest BCUT2D eigenvalue weighted by Gasteiger charge is 2.30. The van der Waals surface area contributed by atoms with Gasteiger partial charge >= 0.3 is 0 Å². The second kappa shape index (κ2) is 7.07. The molecule has 2 aromatic carbocycles. The normalized spacial score (nSPS) is 14.3. The Morgan fingerprint density at radius 1 is 1.15 bits per heavy atom. The zero-order valence-corrected chi connectivity index (χ0v) is 14.3. The van der Waals surface area contributed by atoms with Crippen LogP contribution in [0.3, 0.4) is 0 Å². The highest BCUT2D eigenvalue weighted by molar-refractivity contribution is 6.08. The number of rotatable bonds is 5. The van der Waals surface area contributed by atoms with Crippen LogP contribution in [0.25, 0.3) is 5.70 Å². The minimum absolute atomic E-state index is 0.0762. The van der Waals surface area contributed by atoms with Gasteiger partial charge in [0.25, 0.3) is 5.91 Å². The van der Waals surface area contributed by atoms with E-state index in [2.05, 4.69) is 11.9 Å². The summed E-state index contributed by atoms with van der Waals surface area (Å²) in [7, 11) is 0. The first-order valence-corrected chi connectivity index (χ1v) is 8.23. The van der Waals surface area contributed by atoms with Crippen molar-refractivity contribution >= 4 is 17.5 Å². The summed E-state index contributed by atoms with van der Waals surface area (Å²) in [4.78, 5) is 26.0. The number of benzene rings is 2. The van der Waals surface area contributed by atoms with Crippen LogP contribution in [0.4, 0.5) is 8.78 Å². The third-order valence-electron chi connectivity index (χ3n) is 4.42. The smallest absolute Gasteiger partial charge is 0.258 e. The van der Waals surface area contributed by atoms with Gasteiger partial charge in [0.2, 0.25) is 5.91 Å². The summed E-state index contributed by atoms with van der Waals surface area (Å²) in [5, 5.41) is 2.72. The van der Waals surface area contributed by atoms with Crippen molar-refractivity contribution in [1.29, 1.82) is 0 Å². The summed E-state index contributed by atoms with van der Waals surface area (Å²) in [6, 6.07) is 10.2. The van der Waals surface area contributed by atoms with E-state index in [4.69, 9.17) is 0 Å². The molecule has 3 rings (SSSR count). The maximum atomic E-state index is 13.3. The molecule has 0 bridgehead atoms. The molecular weight excluding hydrogens is 338 g/mol. The first-order valence-electron chi connectivity index (χ1n) is 8.23. The Kier molecular flexibility index (Phi) is 4.84. The molecule has 0 fully saturated rings. The minimum atomic E-state index is -0.958. The lowest BCUT2D eigenvalue weighted by Crippen LogP contribution is -2.32. The molecule has 1 aliphatic heterocycles. The Morgan fingerprint density at radius 3 is 2.50 bits per heavy atom. The molecule has 0 saturated carbocycles. The van der Waals surface area contributed by atoms with Gasteiger partial charge in [0.05, 0.1) is 6.04 Å². The van der Waals surface area contributed by atoms with Gasteiger partial charge in [-0.1, -0.05) is 30.8 Å². The Morgan fingerprint density at radius 2 is 1.85 bits per heavy atom. The average Bonchev–Trinajstić information content (AvgIpc) is 2.86. The maximum Gasteiger partial charge on any atom is 0.258 e. The molecule has 1 heterocycles. The Bertz CT molecular complexity index is 860. The SMILES string of the molecule is C=C1c2ccccc2C(=O)N1CCC(=O)NC(C)c1ccc(F)c(F)c1. The van der Waals surface area contributed by atoms with Crippen molar-refractivity contribution in [1.82, 2.24) is 10.2 Å². The van der Waals surface area contributed by atoms with E-state index >= 15 is 0 Å². The summed E-state index contributed by atoms with van der Waals surface area (Å²) < 4.78 is 26.3. The van der Waals surface area contributed by atoms with Gasteiger partial charge in [-0.15, -0.1) is 0 Å². The monoisotopic (exact) mass is 356 g/mol. The number of amides is 2. The van der Waals surface area contributed by atoms with Crippen LogP contribution >= 0.6 is 0 Å². The molecule has 0 radical (unpaired) electrons. The lowest BCUT2D eigenvalue weighted by atomic mass is 10.1. The van der Waals surface area contributed by atoms with Crippen molar-refractivity contribution in [2.24, 2.45) is 0 Å². The second-order valence-corrected chi connectivity index (χ2v) is 6.16. The predicted octanol–water partition coefficient (Wildman–Crippen LogP) is 3.66. The van der Waals surface area contributed by atoms with Crippen molar-refractivity contribution in [3.8, 4) is 0 Å². The first kappa shape index (κ1) is 17.8. The topological polar surface area (TPSA) is 49.4 Å². The van der Waals surface area contributed by atoms with Gasteiger partial charge in [-0.05, 0) is 30.7 Å². The highest BCUT2D eigenvalue weighted by Crippen LogP contribution is 2.31. The number of hydrogen-bond donors (Lipinski definition) is 1. The van der Waals surface area contributed by atoms with Gasteiger partial charge in [0.15, 0.2) is 11.6 Å². The number of carbonyl (C=O) groups excluding carboxylic acids is 2. The summed E-state index contributed by atoms with van der Waals surface area (Å²) in [5.41, 5.74) is 2.39. The molecular formula is C20H18F2N2O2. The summed E-state index contributed by atoms with van der Waals surface area (Å²) in [5.74, 6) is -2.36. The van der Waals surface area contributed by atoms with E-state index in [0.717, 1.165) is 17.7 Å². The lowest BCUT2D eigenvalue weighted by Gasteiger charge is -2.19. The van der Waals surface area contributed by atoms with Crippen molar-refractivity contribution in [2.75, 3.05) is 6.54 Å². The molecule has 0 aromatic heterocycles. The van der Waals surface area contributed by atoms with E-state index in [9.17, 15) is 18.4 Å². The van der Waals surface area contributed by atoms with Crippen molar-refractivity contribution < 1.29 is 18.4 Å². The molecule has 4 nitrogen and oxygen atoms in total. The standard InChI is InChI=1S/C20H18F2N2O2/c1-12(14-7-8-17(21)18(22)11-14)23-19(25)9-10-24-13(2)15-5-3-4-6-16(15)20(24)26/h3-8,11-12H,2,9-10H2,1H3,(H,23,25). The third-order valence-corrected chi connectivity index (χ3v) is 4.42. The fourth-order valence-electron chi connectivity index (χ4n) is 2.96. The molecule has 0 spiro atoms. The van der Waals surface area contributed by atoms with Gasteiger partial charge in [0.1, 0.15) is 0 Å². The molecule has 1 aliphatic rings. The lowest BCUT2D eigenvalue weighted by molar-refractivity contribution is -0.121. The fourth-order valence-corrected chi connectivity index (χ4v) is 2.96. The van der Waals surface area contributed by atoms with Crippen LogP contribution in [0.1, 0.15) is 40.9 Å². The van der Waals surface area contributed by atoms with Gasteiger partial charge in [-0.2, -0.15) is 0 Å². The van der Waals surface area contributed by atoms with E-state index in [-0.39, 0.29) is 24.8 Å². The number of fused-ring (bicyclic) bond motifs is 1. The van der Waals surface area contributed by atoms with Crippen molar-refractivity contribution in [3.63, 3.8) is 0 Å². The first-order chi connectivity index (χ1) is 12.4. The van der Waals surface area contributed by atoms with Gasteiger partial charge in [0, 0.05) is 29.8 Å². The molecule has 1 N–H and O–H groups in total. The number of nitrogens with one attached hydrogen (secondary N) is 1. The average molecular weight is 356 g/mol. The Labute approximate surface area is 150 Å². The van der Waals surface area contributed by atoms with Crippen LogP contribution in [-0.4, -0.2) is 23.3 Å². The van der Waals surface area contributed by atoms with Gasteiger partial charge in [-0.3, -0.25) is 9.59 Å². The molecule has 26 heavy (non-hydrogen) atoms. The summed E-state index contributed by atoms with van der Waals surface area (Å²) in [6.45, 7) is 5.81. The van der Waals surface area contributed by atoms with E-state index in [1.54, 1.807) is 19.1 Å². The Balaban J connectivity index is 1.59. The number of halogens is 2. The van der Waals surface area contributed by atoms with Crippen LogP contribution in [0, 0.1) is 11.6 Å². The number of nitrogens with zero attached hydrogens (tertiary/aromatic N) is 1. The van der Waals surface area contributed by atoms with Crippen molar-refractivity contribution in [3.05, 3.63) is 77.4 Å². The van der Waals surface area contributed by atoms with Crippen molar-refractivity contribution in [2.45, 2.75) is 19.4 Å². The maximum absolute atomic E-state index is 13.3. The zero-order valence-electron chi connectivity index (χ0n) is 14.3. The van der Waals surface area contributed by atoms with Crippen LogP contribution in [0.2, 0.25) is 0 Å². The minimum Gasteiger partial charge on any atom is -0.350 e. The van der Waals surface area contributed by atoms with Crippen LogP contribution in [-0.2, 0) is 4.79 Å². The summed E-state index contributed by atoms with van der Waals surface area (Å²) >= 11 is 0. The van der Waals surface area contributed by atoms with Gasteiger partial charge in [-0.25, -0.2) is 8.78 Å². The third kappa shape index (κ3) is 3.35.